The van der Waals surface area contributed by atoms with Gasteiger partial charge in [0, 0.05) is 19.0 Å². The Labute approximate surface area is 149 Å². The van der Waals surface area contributed by atoms with E-state index in [2.05, 4.69) is 27.0 Å². The van der Waals surface area contributed by atoms with Gasteiger partial charge in [-0.2, -0.15) is 11.3 Å². The molecule has 3 aliphatic rings. The predicted octanol–water partition coefficient (Wildman–Crippen LogP) is 4.19. The van der Waals surface area contributed by atoms with E-state index in [1.807, 2.05) is 0 Å². The van der Waals surface area contributed by atoms with Crippen LogP contribution in [-0.2, 0) is 11.3 Å². The number of carbonyl (C=O) groups is 1. The molecule has 132 valence electrons. The van der Waals surface area contributed by atoms with Gasteiger partial charge in [-0.15, -0.1) is 0 Å². The Bertz CT molecular complexity index is 544. The van der Waals surface area contributed by atoms with Crippen molar-refractivity contribution in [2.45, 2.75) is 70.4 Å². The van der Waals surface area contributed by atoms with E-state index in [1.54, 1.807) is 11.3 Å². The van der Waals surface area contributed by atoms with E-state index < -0.39 is 0 Å². The smallest absolute Gasteiger partial charge is 0.223 e. The van der Waals surface area contributed by atoms with E-state index in [1.165, 1.54) is 56.9 Å². The highest BCUT2D eigenvalue weighted by molar-refractivity contribution is 7.07. The summed E-state index contributed by atoms with van der Waals surface area (Å²) < 4.78 is 0. The molecule has 0 bridgehead atoms. The van der Waals surface area contributed by atoms with Crippen LogP contribution in [0.25, 0.3) is 0 Å². The van der Waals surface area contributed by atoms with Gasteiger partial charge >= 0.3 is 0 Å². The fraction of sp³-hybridized carbons (Fsp3) is 0.750. The van der Waals surface area contributed by atoms with E-state index in [4.69, 9.17) is 0 Å². The normalized spacial score (nSPS) is 26.4. The third kappa shape index (κ3) is 3.55. The molecule has 1 aliphatic heterocycles. The van der Waals surface area contributed by atoms with Gasteiger partial charge in [0.2, 0.25) is 5.91 Å². The molecule has 4 rings (SSSR count). The maximum atomic E-state index is 13.2. The van der Waals surface area contributed by atoms with Crippen LogP contribution in [0.5, 0.6) is 0 Å². The number of nitrogens with zero attached hydrogens (tertiary/aromatic N) is 1. The summed E-state index contributed by atoms with van der Waals surface area (Å²) in [5, 5.41) is 7.82. The standard InChI is InChI=1S/C20H30N2OS/c23-19(12-16-4-2-1-3-5-16)22(14-17-6-11-24-15-17)18-13-20(18)7-9-21-10-8-20/h6,11,15-16,18,21H,1-5,7-10,12-14H2. The van der Waals surface area contributed by atoms with Crippen LogP contribution in [-0.4, -0.2) is 29.9 Å². The first-order valence-corrected chi connectivity index (χ1v) is 10.7. The minimum Gasteiger partial charge on any atom is -0.335 e. The molecule has 0 radical (unpaired) electrons. The molecule has 4 heteroatoms. The lowest BCUT2D eigenvalue weighted by Crippen LogP contribution is -2.39. The summed E-state index contributed by atoms with van der Waals surface area (Å²) in [7, 11) is 0. The third-order valence-electron chi connectivity index (χ3n) is 6.56. The molecule has 1 amide bonds. The van der Waals surface area contributed by atoms with Gasteiger partial charge in [-0.1, -0.05) is 19.3 Å². The van der Waals surface area contributed by atoms with Crippen molar-refractivity contribution in [2.75, 3.05) is 13.1 Å². The van der Waals surface area contributed by atoms with Gasteiger partial charge < -0.3 is 10.2 Å². The second-order valence-corrected chi connectivity index (χ2v) is 8.97. The van der Waals surface area contributed by atoms with Crippen molar-refractivity contribution in [1.29, 1.82) is 0 Å². The molecule has 1 aromatic rings. The Morgan fingerprint density at radius 1 is 1.25 bits per heavy atom. The lowest BCUT2D eigenvalue weighted by molar-refractivity contribution is -0.134. The highest BCUT2D eigenvalue weighted by Crippen LogP contribution is 2.56. The number of thiophene rings is 1. The summed E-state index contributed by atoms with van der Waals surface area (Å²) >= 11 is 1.74. The fourth-order valence-corrected chi connectivity index (χ4v) is 5.60. The molecule has 1 aromatic heterocycles. The second-order valence-electron chi connectivity index (χ2n) is 8.19. The minimum atomic E-state index is 0.425. The third-order valence-corrected chi connectivity index (χ3v) is 7.30. The quantitative estimate of drug-likeness (QED) is 0.867. The summed E-state index contributed by atoms with van der Waals surface area (Å²) in [6.07, 6.45) is 11.0. The van der Waals surface area contributed by atoms with Crippen LogP contribution in [0, 0.1) is 11.3 Å². The largest absolute Gasteiger partial charge is 0.335 e. The van der Waals surface area contributed by atoms with Crippen LogP contribution in [0.4, 0.5) is 0 Å². The molecular weight excluding hydrogens is 316 g/mol. The highest BCUT2D eigenvalue weighted by Gasteiger charge is 2.57. The fourth-order valence-electron chi connectivity index (χ4n) is 4.94. The summed E-state index contributed by atoms with van der Waals surface area (Å²) in [5.74, 6) is 1.06. The number of hydrogen-bond acceptors (Lipinski definition) is 3. The number of piperidine rings is 1. The van der Waals surface area contributed by atoms with E-state index >= 15 is 0 Å². The van der Waals surface area contributed by atoms with Gasteiger partial charge in [0.15, 0.2) is 0 Å². The molecule has 0 aromatic carbocycles. The summed E-state index contributed by atoms with van der Waals surface area (Å²) in [6.45, 7) is 3.08. The average molecular weight is 347 g/mol. The van der Waals surface area contributed by atoms with E-state index in [-0.39, 0.29) is 0 Å². The zero-order valence-corrected chi connectivity index (χ0v) is 15.5. The Kier molecular flexibility index (Phi) is 4.95. The molecule has 1 unspecified atom stereocenters. The SMILES string of the molecule is O=C(CC1CCCCC1)N(Cc1ccsc1)C1CC12CCNCC2. The summed E-state index contributed by atoms with van der Waals surface area (Å²) in [4.78, 5) is 15.4. The van der Waals surface area contributed by atoms with E-state index in [9.17, 15) is 4.79 Å². The number of nitrogens with one attached hydrogen (secondary N) is 1. The van der Waals surface area contributed by atoms with Gasteiger partial charge in [0.05, 0.1) is 0 Å². The van der Waals surface area contributed by atoms with Crippen LogP contribution < -0.4 is 5.32 Å². The highest BCUT2D eigenvalue weighted by atomic mass is 32.1. The number of rotatable bonds is 5. The number of amides is 1. The Morgan fingerprint density at radius 3 is 2.75 bits per heavy atom. The molecule has 1 spiro atoms. The molecule has 24 heavy (non-hydrogen) atoms. The molecule has 1 saturated heterocycles. The van der Waals surface area contributed by atoms with Gasteiger partial charge in [-0.25, -0.2) is 0 Å². The second kappa shape index (κ2) is 7.17. The first kappa shape index (κ1) is 16.6. The van der Waals surface area contributed by atoms with Crippen LogP contribution >= 0.6 is 11.3 Å². The molecule has 2 heterocycles. The summed E-state index contributed by atoms with van der Waals surface area (Å²) in [5.41, 5.74) is 1.75. The maximum absolute atomic E-state index is 13.2. The van der Waals surface area contributed by atoms with E-state index in [0.29, 0.717) is 23.3 Å². The van der Waals surface area contributed by atoms with Crippen LogP contribution in [0.3, 0.4) is 0 Å². The molecule has 2 aliphatic carbocycles. The molecule has 2 saturated carbocycles. The molecule has 1 N–H and O–H groups in total. The van der Waals surface area contributed by atoms with Gasteiger partial charge in [0.25, 0.3) is 0 Å². The lowest BCUT2D eigenvalue weighted by atomic mass is 9.86. The lowest BCUT2D eigenvalue weighted by Gasteiger charge is -2.31. The van der Waals surface area contributed by atoms with Crippen LogP contribution in [0.1, 0.15) is 63.4 Å². The first-order chi connectivity index (χ1) is 11.8. The molecule has 3 fully saturated rings. The van der Waals surface area contributed by atoms with Gasteiger partial charge in [-0.05, 0) is 78.9 Å². The van der Waals surface area contributed by atoms with Crippen molar-refractivity contribution in [3.05, 3.63) is 22.4 Å². The summed E-state index contributed by atoms with van der Waals surface area (Å²) in [6, 6.07) is 2.68. The predicted molar refractivity (Wildman–Crippen MR) is 99.0 cm³/mol. The van der Waals surface area contributed by atoms with Crippen molar-refractivity contribution in [2.24, 2.45) is 11.3 Å². The molecular formula is C20H30N2OS. The van der Waals surface area contributed by atoms with Crippen LogP contribution in [0.2, 0.25) is 0 Å². The van der Waals surface area contributed by atoms with Crippen LogP contribution in [0.15, 0.2) is 16.8 Å². The van der Waals surface area contributed by atoms with Crippen molar-refractivity contribution in [3.8, 4) is 0 Å². The van der Waals surface area contributed by atoms with E-state index in [0.717, 1.165) is 26.1 Å². The Balaban J connectivity index is 1.44. The van der Waals surface area contributed by atoms with Gasteiger partial charge in [-0.3, -0.25) is 4.79 Å². The number of hydrogen-bond donors (Lipinski definition) is 1. The molecule has 3 nitrogen and oxygen atoms in total. The topological polar surface area (TPSA) is 32.3 Å². The van der Waals surface area contributed by atoms with Crippen molar-refractivity contribution >= 4 is 17.2 Å². The number of carbonyl (C=O) groups excluding carboxylic acids is 1. The molecule has 1 atom stereocenters. The minimum absolute atomic E-state index is 0.425. The maximum Gasteiger partial charge on any atom is 0.223 e. The monoisotopic (exact) mass is 346 g/mol. The van der Waals surface area contributed by atoms with Crippen molar-refractivity contribution < 1.29 is 4.79 Å². The zero-order chi connectivity index (χ0) is 16.4. The van der Waals surface area contributed by atoms with Crippen molar-refractivity contribution in [3.63, 3.8) is 0 Å². The zero-order valence-electron chi connectivity index (χ0n) is 14.6. The Hall–Kier alpha value is -0.870. The van der Waals surface area contributed by atoms with Crippen molar-refractivity contribution in [1.82, 2.24) is 10.2 Å². The Morgan fingerprint density at radius 2 is 2.04 bits per heavy atom. The van der Waals surface area contributed by atoms with Gasteiger partial charge in [0.1, 0.15) is 0 Å². The average Bonchev–Trinajstić information content (AvgIpc) is 3.05. The first-order valence-electron chi connectivity index (χ1n) is 9.78.